The average Bonchev–Trinajstić information content (AvgIpc) is 3.24. The van der Waals surface area contributed by atoms with E-state index < -0.39 is 12.4 Å². The van der Waals surface area contributed by atoms with Crippen LogP contribution >= 0.6 is 0 Å². The van der Waals surface area contributed by atoms with Crippen LogP contribution in [0.3, 0.4) is 0 Å². The Morgan fingerprint density at radius 2 is 1.52 bits per heavy atom. The molecule has 2 aliphatic rings. The van der Waals surface area contributed by atoms with Gasteiger partial charge in [0.25, 0.3) is 0 Å². The summed E-state index contributed by atoms with van der Waals surface area (Å²) < 4.78 is 37.6. The largest absolute Gasteiger partial charge is 1.00 e. The first kappa shape index (κ1) is 18.0. The van der Waals surface area contributed by atoms with Gasteiger partial charge in [-0.2, -0.15) is 0 Å². The van der Waals surface area contributed by atoms with Crippen molar-refractivity contribution in [2.45, 2.75) is 25.4 Å². The molecular formula is C14H19BF3KN2. The first-order valence-electron chi connectivity index (χ1n) is 7.27. The minimum absolute atomic E-state index is 0. The number of rotatable bonds is 4. The summed E-state index contributed by atoms with van der Waals surface area (Å²) >= 11 is 0. The molecule has 1 heterocycles. The van der Waals surface area contributed by atoms with E-state index in [1.54, 1.807) is 12.1 Å². The van der Waals surface area contributed by atoms with Crippen molar-refractivity contribution in [3.63, 3.8) is 0 Å². The molecule has 1 saturated carbocycles. The van der Waals surface area contributed by atoms with E-state index in [-0.39, 0.29) is 51.4 Å². The molecule has 2 nitrogen and oxygen atoms in total. The molecule has 7 heteroatoms. The van der Waals surface area contributed by atoms with Gasteiger partial charge in [0.2, 0.25) is 0 Å². The Labute approximate surface area is 166 Å². The van der Waals surface area contributed by atoms with Crippen LogP contribution in [0.25, 0.3) is 0 Å². The zero-order valence-electron chi connectivity index (χ0n) is 12.4. The van der Waals surface area contributed by atoms with Crippen molar-refractivity contribution < 1.29 is 64.3 Å². The molecule has 1 aliphatic carbocycles. The van der Waals surface area contributed by atoms with Crippen LogP contribution in [0.1, 0.15) is 18.4 Å². The van der Waals surface area contributed by atoms with E-state index in [1.165, 1.54) is 25.0 Å². The summed E-state index contributed by atoms with van der Waals surface area (Å²) in [5.41, 5.74) is 0.459. The Hall–Kier alpha value is 0.631. The van der Waals surface area contributed by atoms with Gasteiger partial charge in [0.1, 0.15) is 0 Å². The number of hydrogen-bond donors (Lipinski definition) is 0. The SMILES string of the molecule is F[B-](F)(F)c1ccc(CN2CCN(C3CC3)CC2)cc1.[K+]. The number of benzene rings is 1. The number of piperazine rings is 1. The molecule has 0 N–H and O–H groups in total. The van der Waals surface area contributed by atoms with Gasteiger partial charge in [-0.25, -0.2) is 0 Å². The standard InChI is InChI=1S/C14H19BF3N2.K/c16-15(17,18)13-3-1-12(2-4-13)11-19-7-9-20(10-8-19)14-5-6-14;/h1-4,14H,5-11H2;/q-1;+1. The van der Waals surface area contributed by atoms with Crippen molar-refractivity contribution in [1.82, 2.24) is 9.80 Å². The van der Waals surface area contributed by atoms with E-state index in [1.807, 2.05) is 0 Å². The maximum Gasteiger partial charge on any atom is 1.00 e. The Morgan fingerprint density at radius 3 is 2.00 bits per heavy atom. The molecule has 1 aromatic rings. The minimum Gasteiger partial charge on any atom is -0.445 e. The molecule has 2 fully saturated rings. The number of nitrogens with zero attached hydrogens (tertiary/aromatic N) is 2. The van der Waals surface area contributed by atoms with E-state index in [9.17, 15) is 12.9 Å². The number of halogens is 3. The molecular weight excluding hydrogens is 303 g/mol. The fourth-order valence-corrected chi connectivity index (χ4v) is 2.83. The Kier molecular flexibility index (Phi) is 6.39. The van der Waals surface area contributed by atoms with Crippen molar-refractivity contribution in [2.75, 3.05) is 26.2 Å². The molecule has 0 aromatic heterocycles. The van der Waals surface area contributed by atoms with E-state index in [2.05, 4.69) is 9.80 Å². The zero-order valence-corrected chi connectivity index (χ0v) is 15.6. The second kappa shape index (κ2) is 7.47. The molecule has 1 aliphatic heterocycles. The summed E-state index contributed by atoms with van der Waals surface area (Å²) in [7, 11) is 0. The van der Waals surface area contributed by atoms with Crippen LogP contribution in [-0.4, -0.2) is 49.0 Å². The fourth-order valence-electron chi connectivity index (χ4n) is 2.83. The van der Waals surface area contributed by atoms with Gasteiger partial charge in [-0.1, -0.05) is 24.3 Å². The van der Waals surface area contributed by atoms with E-state index in [0.717, 1.165) is 44.3 Å². The summed E-state index contributed by atoms with van der Waals surface area (Å²) in [5.74, 6) is 0. The molecule has 0 spiro atoms. The van der Waals surface area contributed by atoms with E-state index >= 15 is 0 Å². The second-order valence-electron chi connectivity index (χ2n) is 5.86. The summed E-state index contributed by atoms with van der Waals surface area (Å²) in [5, 5.41) is 0. The van der Waals surface area contributed by atoms with Gasteiger partial charge >= 0.3 is 58.4 Å². The van der Waals surface area contributed by atoms with Crippen molar-refractivity contribution in [3.8, 4) is 0 Å². The molecule has 0 amide bonds. The van der Waals surface area contributed by atoms with Crippen LogP contribution in [-0.2, 0) is 6.54 Å². The Morgan fingerprint density at radius 1 is 0.952 bits per heavy atom. The molecule has 0 bridgehead atoms. The van der Waals surface area contributed by atoms with Gasteiger partial charge in [-0.3, -0.25) is 9.80 Å². The van der Waals surface area contributed by atoms with Gasteiger partial charge in [-0.05, 0) is 18.4 Å². The van der Waals surface area contributed by atoms with Crippen LogP contribution in [0.5, 0.6) is 0 Å². The van der Waals surface area contributed by atoms with Crippen LogP contribution < -0.4 is 56.8 Å². The summed E-state index contributed by atoms with van der Waals surface area (Å²) in [6.45, 7) is 0.0951. The molecule has 3 rings (SSSR count). The first-order chi connectivity index (χ1) is 9.52. The van der Waals surface area contributed by atoms with Crippen molar-refractivity contribution in [3.05, 3.63) is 29.8 Å². The van der Waals surface area contributed by atoms with Gasteiger partial charge in [0.05, 0.1) is 0 Å². The van der Waals surface area contributed by atoms with Crippen LogP contribution in [0.4, 0.5) is 12.9 Å². The summed E-state index contributed by atoms with van der Waals surface area (Å²) in [6.07, 6.45) is 2.67. The summed E-state index contributed by atoms with van der Waals surface area (Å²) in [6, 6.07) is 6.44. The molecule has 0 unspecified atom stereocenters. The maximum absolute atomic E-state index is 12.5. The zero-order chi connectivity index (χ0) is 14.2. The summed E-state index contributed by atoms with van der Waals surface area (Å²) in [4.78, 5) is 4.86. The molecule has 0 radical (unpaired) electrons. The minimum atomic E-state index is -4.87. The topological polar surface area (TPSA) is 6.48 Å². The van der Waals surface area contributed by atoms with Crippen LogP contribution in [0, 0.1) is 0 Å². The van der Waals surface area contributed by atoms with Gasteiger partial charge in [-0.15, -0.1) is 5.46 Å². The predicted molar refractivity (Wildman–Crippen MR) is 75.0 cm³/mol. The molecule has 110 valence electrons. The van der Waals surface area contributed by atoms with E-state index in [4.69, 9.17) is 0 Å². The van der Waals surface area contributed by atoms with Crippen molar-refractivity contribution >= 4 is 12.4 Å². The van der Waals surface area contributed by atoms with Crippen LogP contribution in [0.2, 0.25) is 0 Å². The van der Waals surface area contributed by atoms with E-state index in [0.29, 0.717) is 0 Å². The van der Waals surface area contributed by atoms with Gasteiger partial charge in [0.15, 0.2) is 0 Å². The molecule has 1 aromatic carbocycles. The second-order valence-corrected chi connectivity index (χ2v) is 5.86. The monoisotopic (exact) mass is 322 g/mol. The van der Waals surface area contributed by atoms with Gasteiger partial charge in [0, 0.05) is 38.8 Å². The third-order valence-electron chi connectivity index (χ3n) is 4.23. The molecule has 1 saturated heterocycles. The maximum atomic E-state index is 12.5. The third-order valence-corrected chi connectivity index (χ3v) is 4.23. The number of hydrogen-bond acceptors (Lipinski definition) is 2. The van der Waals surface area contributed by atoms with Crippen molar-refractivity contribution in [2.24, 2.45) is 0 Å². The van der Waals surface area contributed by atoms with Crippen LogP contribution in [0.15, 0.2) is 24.3 Å². The smallest absolute Gasteiger partial charge is 0.445 e. The Balaban J connectivity index is 0.00000161. The Bertz CT molecular complexity index is 454. The quantitative estimate of drug-likeness (QED) is 0.658. The third kappa shape index (κ3) is 5.06. The molecule has 21 heavy (non-hydrogen) atoms. The first-order valence-corrected chi connectivity index (χ1v) is 7.27. The predicted octanol–water partition coefficient (Wildman–Crippen LogP) is -0.975. The van der Waals surface area contributed by atoms with Crippen molar-refractivity contribution in [1.29, 1.82) is 0 Å². The molecule has 0 atom stereocenters. The fraction of sp³-hybridized carbons (Fsp3) is 0.571. The van der Waals surface area contributed by atoms with Gasteiger partial charge < -0.3 is 12.9 Å². The average molecular weight is 322 g/mol. The normalized spacial score (nSPS) is 21.1.